The Bertz CT molecular complexity index is 412. The van der Waals surface area contributed by atoms with E-state index in [0.29, 0.717) is 0 Å². The number of nitrogens with zero attached hydrogens (tertiary/aromatic N) is 2. The average Bonchev–Trinajstić information content (AvgIpc) is 2.45. The molecule has 1 aromatic rings. The number of hydrogen-bond donors (Lipinski definition) is 2. The standard InChI is InChI=1S/C16H28N4.HI/c1-5-17-16(18-6-2)19-12-13-20(7-3)15-11-9-8-10-14(15)4;/h8-11H,5-7,12-13H2,1-4H3,(H2,17,18,19);1H. The number of benzene rings is 1. The third kappa shape index (κ3) is 7.02. The van der Waals surface area contributed by atoms with E-state index in [4.69, 9.17) is 0 Å². The van der Waals surface area contributed by atoms with E-state index >= 15 is 0 Å². The van der Waals surface area contributed by atoms with Gasteiger partial charge in [0.2, 0.25) is 0 Å². The van der Waals surface area contributed by atoms with E-state index in [2.05, 4.69) is 72.5 Å². The summed E-state index contributed by atoms with van der Waals surface area (Å²) in [6, 6.07) is 8.51. The predicted octanol–water partition coefficient (Wildman–Crippen LogP) is 3.01. The van der Waals surface area contributed by atoms with Gasteiger partial charge in [0.05, 0.1) is 6.54 Å². The van der Waals surface area contributed by atoms with E-state index in [1.165, 1.54) is 11.3 Å². The molecule has 0 aliphatic rings. The smallest absolute Gasteiger partial charge is 0.191 e. The highest BCUT2D eigenvalue weighted by atomic mass is 127. The van der Waals surface area contributed by atoms with Gasteiger partial charge in [-0.25, -0.2) is 0 Å². The van der Waals surface area contributed by atoms with Gasteiger partial charge in [-0.1, -0.05) is 18.2 Å². The van der Waals surface area contributed by atoms with Gasteiger partial charge in [-0.15, -0.1) is 24.0 Å². The highest BCUT2D eigenvalue weighted by molar-refractivity contribution is 14.0. The van der Waals surface area contributed by atoms with Crippen LogP contribution in [0.1, 0.15) is 26.3 Å². The fourth-order valence-electron chi connectivity index (χ4n) is 2.16. The Balaban J connectivity index is 0.00000400. The molecular weight excluding hydrogens is 375 g/mol. The van der Waals surface area contributed by atoms with Crippen LogP contribution in [0.25, 0.3) is 0 Å². The second-order valence-electron chi connectivity index (χ2n) is 4.66. The molecule has 0 fully saturated rings. The van der Waals surface area contributed by atoms with Crippen molar-refractivity contribution in [2.24, 2.45) is 4.99 Å². The third-order valence-electron chi connectivity index (χ3n) is 3.17. The first-order valence-corrected chi connectivity index (χ1v) is 7.55. The third-order valence-corrected chi connectivity index (χ3v) is 3.17. The summed E-state index contributed by atoms with van der Waals surface area (Å²) < 4.78 is 0. The van der Waals surface area contributed by atoms with Crippen LogP contribution >= 0.6 is 24.0 Å². The molecule has 0 aliphatic carbocycles. The van der Waals surface area contributed by atoms with Gasteiger partial charge in [0.15, 0.2) is 5.96 Å². The monoisotopic (exact) mass is 404 g/mol. The van der Waals surface area contributed by atoms with E-state index in [9.17, 15) is 0 Å². The molecule has 0 saturated heterocycles. The maximum atomic E-state index is 4.60. The molecule has 0 aliphatic heterocycles. The number of aryl methyl sites for hydroxylation is 1. The van der Waals surface area contributed by atoms with Crippen LogP contribution in [-0.2, 0) is 0 Å². The normalized spacial score (nSPS) is 9.52. The molecule has 0 atom stereocenters. The second kappa shape index (κ2) is 11.7. The van der Waals surface area contributed by atoms with Crippen LogP contribution in [0.3, 0.4) is 0 Å². The quantitative estimate of drug-likeness (QED) is 0.417. The number of halogens is 1. The summed E-state index contributed by atoms with van der Waals surface area (Å²) in [5.41, 5.74) is 2.62. The topological polar surface area (TPSA) is 39.7 Å². The first-order valence-electron chi connectivity index (χ1n) is 7.55. The highest BCUT2D eigenvalue weighted by Crippen LogP contribution is 2.18. The number of hydrogen-bond acceptors (Lipinski definition) is 2. The molecule has 120 valence electrons. The van der Waals surface area contributed by atoms with Gasteiger partial charge < -0.3 is 15.5 Å². The molecule has 0 heterocycles. The number of guanidine groups is 1. The van der Waals surface area contributed by atoms with Crippen LogP contribution in [0.2, 0.25) is 0 Å². The summed E-state index contributed by atoms with van der Waals surface area (Å²) in [5.74, 6) is 0.899. The fraction of sp³-hybridized carbons (Fsp3) is 0.562. The van der Waals surface area contributed by atoms with Crippen molar-refractivity contribution < 1.29 is 0 Å². The number of rotatable bonds is 7. The zero-order valence-corrected chi connectivity index (χ0v) is 16.0. The van der Waals surface area contributed by atoms with Crippen LogP contribution in [-0.4, -0.2) is 38.7 Å². The van der Waals surface area contributed by atoms with Gasteiger partial charge in [-0.05, 0) is 39.3 Å². The van der Waals surface area contributed by atoms with E-state index in [1.54, 1.807) is 0 Å². The van der Waals surface area contributed by atoms with Gasteiger partial charge in [0.1, 0.15) is 0 Å². The van der Waals surface area contributed by atoms with Gasteiger partial charge in [-0.2, -0.15) is 0 Å². The zero-order valence-electron chi connectivity index (χ0n) is 13.6. The lowest BCUT2D eigenvalue weighted by atomic mass is 10.2. The summed E-state index contributed by atoms with van der Waals surface area (Å²) >= 11 is 0. The lowest BCUT2D eigenvalue weighted by molar-refractivity contribution is 0.791. The van der Waals surface area contributed by atoms with Crippen LogP contribution in [0, 0.1) is 6.92 Å². The van der Waals surface area contributed by atoms with Crippen LogP contribution in [0.5, 0.6) is 0 Å². The molecule has 0 bridgehead atoms. The Kier molecular flexibility index (Phi) is 11.1. The number of likely N-dealkylation sites (N-methyl/N-ethyl adjacent to an activating group) is 1. The Labute approximate surface area is 146 Å². The van der Waals surface area contributed by atoms with Crippen molar-refractivity contribution in [3.8, 4) is 0 Å². The molecule has 4 nitrogen and oxygen atoms in total. The number of para-hydroxylation sites is 1. The number of anilines is 1. The van der Waals surface area contributed by atoms with Crippen molar-refractivity contribution in [2.45, 2.75) is 27.7 Å². The van der Waals surface area contributed by atoms with Crippen molar-refractivity contribution in [3.05, 3.63) is 29.8 Å². The Morgan fingerprint density at radius 3 is 2.24 bits per heavy atom. The van der Waals surface area contributed by atoms with E-state index in [1.807, 2.05) is 0 Å². The lowest BCUT2D eigenvalue weighted by Gasteiger charge is -2.24. The van der Waals surface area contributed by atoms with Crippen molar-refractivity contribution >= 4 is 35.6 Å². The van der Waals surface area contributed by atoms with Gasteiger partial charge in [-0.3, -0.25) is 4.99 Å². The molecule has 0 spiro atoms. The summed E-state index contributed by atoms with van der Waals surface area (Å²) in [5, 5.41) is 6.49. The van der Waals surface area contributed by atoms with Gasteiger partial charge >= 0.3 is 0 Å². The minimum absolute atomic E-state index is 0. The van der Waals surface area contributed by atoms with Gasteiger partial charge in [0, 0.05) is 31.9 Å². The van der Waals surface area contributed by atoms with Crippen LogP contribution in [0.4, 0.5) is 5.69 Å². The van der Waals surface area contributed by atoms with Crippen LogP contribution in [0.15, 0.2) is 29.3 Å². The molecule has 21 heavy (non-hydrogen) atoms. The molecule has 0 unspecified atom stereocenters. The lowest BCUT2D eigenvalue weighted by Crippen LogP contribution is -2.38. The summed E-state index contributed by atoms with van der Waals surface area (Å²) in [7, 11) is 0. The predicted molar refractivity (Wildman–Crippen MR) is 104 cm³/mol. The highest BCUT2D eigenvalue weighted by Gasteiger charge is 2.06. The number of nitrogens with one attached hydrogen (secondary N) is 2. The van der Waals surface area contributed by atoms with Crippen molar-refractivity contribution in [1.29, 1.82) is 0 Å². The molecule has 5 heteroatoms. The average molecular weight is 404 g/mol. The minimum Gasteiger partial charge on any atom is -0.370 e. The van der Waals surface area contributed by atoms with Crippen molar-refractivity contribution in [2.75, 3.05) is 37.6 Å². The summed E-state index contributed by atoms with van der Waals surface area (Å²) in [6.45, 7) is 13.0. The van der Waals surface area contributed by atoms with Crippen molar-refractivity contribution in [3.63, 3.8) is 0 Å². The van der Waals surface area contributed by atoms with Gasteiger partial charge in [0.25, 0.3) is 0 Å². The van der Waals surface area contributed by atoms with E-state index in [0.717, 1.165) is 38.7 Å². The molecule has 0 radical (unpaired) electrons. The molecule has 1 rings (SSSR count). The van der Waals surface area contributed by atoms with Crippen LogP contribution < -0.4 is 15.5 Å². The largest absolute Gasteiger partial charge is 0.370 e. The van der Waals surface area contributed by atoms with Crippen molar-refractivity contribution in [1.82, 2.24) is 10.6 Å². The second-order valence-corrected chi connectivity index (χ2v) is 4.66. The SMILES string of the molecule is CCNC(=NCCN(CC)c1ccccc1C)NCC.I. The Hall–Kier alpha value is -0.980. The zero-order chi connectivity index (χ0) is 14.8. The maximum Gasteiger partial charge on any atom is 0.191 e. The summed E-state index contributed by atoms with van der Waals surface area (Å²) in [4.78, 5) is 6.97. The first kappa shape index (κ1) is 20.0. The Morgan fingerprint density at radius 2 is 1.71 bits per heavy atom. The first-order chi connectivity index (χ1) is 9.72. The number of aliphatic imine (C=N–C) groups is 1. The van der Waals surface area contributed by atoms with E-state index in [-0.39, 0.29) is 24.0 Å². The fourth-order valence-corrected chi connectivity index (χ4v) is 2.16. The minimum atomic E-state index is 0. The molecule has 0 aromatic heterocycles. The Morgan fingerprint density at radius 1 is 1.10 bits per heavy atom. The summed E-state index contributed by atoms with van der Waals surface area (Å²) in [6.07, 6.45) is 0. The molecule has 0 amide bonds. The molecule has 2 N–H and O–H groups in total. The van der Waals surface area contributed by atoms with E-state index < -0.39 is 0 Å². The maximum absolute atomic E-state index is 4.60. The molecule has 1 aromatic carbocycles. The molecular formula is C16H29IN4. The molecule has 0 saturated carbocycles.